The van der Waals surface area contributed by atoms with Crippen molar-refractivity contribution in [3.8, 4) is 5.75 Å². The van der Waals surface area contributed by atoms with Crippen LogP contribution in [0.4, 0.5) is 0 Å². The number of nitrogens with zero attached hydrogens (tertiary/aromatic N) is 1. The fourth-order valence-corrected chi connectivity index (χ4v) is 2.27. The van der Waals surface area contributed by atoms with Crippen molar-refractivity contribution in [1.29, 1.82) is 0 Å². The Kier molecular flexibility index (Phi) is 4.43. The molecule has 0 aliphatic carbocycles. The van der Waals surface area contributed by atoms with E-state index in [1.165, 1.54) is 0 Å². The summed E-state index contributed by atoms with van der Waals surface area (Å²) in [5.41, 5.74) is 0.701. The fraction of sp³-hybridized carbons (Fsp3) is 0.533. The summed E-state index contributed by atoms with van der Waals surface area (Å²) in [7, 11) is 0. The van der Waals surface area contributed by atoms with E-state index >= 15 is 0 Å². The van der Waals surface area contributed by atoms with Crippen LogP contribution in [-0.2, 0) is 0 Å². The minimum Gasteiger partial charge on any atom is -0.491 e. The van der Waals surface area contributed by atoms with Gasteiger partial charge in [-0.2, -0.15) is 0 Å². The first-order chi connectivity index (χ1) is 9.06. The van der Waals surface area contributed by atoms with Gasteiger partial charge in [-0.15, -0.1) is 0 Å². The monoisotopic (exact) mass is 262 g/mol. The molecule has 4 heteroatoms. The van der Waals surface area contributed by atoms with Crippen LogP contribution < -0.4 is 10.1 Å². The van der Waals surface area contributed by atoms with Crippen LogP contribution in [0.25, 0.3) is 0 Å². The smallest absolute Gasteiger partial charge is 0.254 e. The van der Waals surface area contributed by atoms with Gasteiger partial charge in [0.25, 0.3) is 5.91 Å². The Hall–Kier alpha value is -1.55. The van der Waals surface area contributed by atoms with E-state index in [1.54, 1.807) is 0 Å². The van der Waals surface area contributed by atoms with Gasteiger partial charge in [-0.25, -0.2) is 0 Å². The summed E-state index contributed by atoms with van der Waals surface area (Å²) in [4.78, 5) is 14.3. The van der Waals surface area contributed by atoms with E-state index in [2.05, 4.69) is 12.2 Å². The highest BCUT2D eigenvalue weighted by molar-refractivity contribution is 5.94. The summed E-state index contributed by atoms with van der Waals surface area (Å²) in [6.07, 6.45) is 0.115. The maximum Gasteiger partial charge on any atom is 0.254 e. The molecule has 1 amide bonds. The minimum absolute atomic E-state index is 0.0857. The highest BCUT2D eigenvalue weighted by atomic mass is 16.5. The quantitative estimate of drug-likeness (QED) is 0.904. The molecule has 1 atom stereocenters. The predicted molar refractivity (Wildman–Crippen MR) is 75.6 cm³/mol. The predicted octanol–water partition coefficient (Wildman–Crippen LogP) is 1.91. The second-order valence-electron chi connectivity index (χ2n) is 5.30. The Morgan fingerprint density at radius 2 is 2.26 bits per heavy atom. The van der Waals surface area contributed by atoms with Crippen LogP contribution >= 0.6 is 0 Å². The number of benzene rings is 1. The Balaban J connectivity index is 2.10. The van der Waals surface area contributed by atoms with Gasteiger partial charge in [0, 0.05) is 31.2 Å². The van der Waals surface area contributed by atoms with E-state index in [-0.39, 0.29) is 12.0 Å². The van der Waals surface area contributed by atoms with Crippen LogP contribution in [0, 0.1) is 0 Å². The van der Waals surface area contributed by atoms with Gasteiger partial charge in [0.05, 0.1) is 6.10 Å². The number of rotatable bonds is 3. The molecule has 1 saturated heterocycles. The molecule has 1 aliphatic heterocycles. The van der Waals surface area contributed by atoms with Gasteiger partial charge in [0.15, 0.2) is 0 Å². The van der Waals surface area contributed by atoms with Crippen LogP contribution in [0.2, 0.25) is 0 Å². The van der Waals surface area contributed by atoms with Crippen molar-refractivity contribution in [3.63, 3.8) is 0 Å². The number of amides is 1. The summed E-state index contributed by atoms with van der Waals surface area (Å²) in [5.74, 6) is 0.839. The third-order valence-electron chi connectivity index (χ3n) is 3.11. The average molecular weight is 262 g/mol. The molecule has 0 radical (unpaired) electrons. The van der Waals surface area contributed by atoms with E-state index in [0.29, 0.717) is 11.6 Å². The standard InChI is InChI=1S/C15H22N2O2/c1-11(2)19-14-6-4-5-13(9-14)15(18)17-8-7-16-12(3)10-17/h4-6,9,11-12,16H,7-8,10H2,1-3H3. The Morgan fingerprint density at radius 1 is 1.47 bits per heavy atom. The molecule has 1 heterocycles. The van der Waals surface area contributed by atoms with E-state index in [0.717, 1.165) is 25.4 Å². The van der Waals surface area contributed by atoms with Gasteiger partial charge in [-0.1, -0.05) is 6.07 Å². The number of nitrogens with one attached hydrogen (secondary N) is 1. The molecule has 1 fully saturated rings. The molecule has 19 heavy (non-hydrogen) atoms. The molecule has 1 aliphatic rings. The van der Waals surface area contributed by atoms with Gasteiger partial charge in [0.1, 0.15) is 5.75 Å². The molecule has 0 aromatic heterocycles. The zero-order valence-electron chi connectivity index (χ0n) is 11.8. The van der Waals surface area contributed by atoms with E-state index in [9.17, 15) is 4.79 Å². The third kappa shape index (κ3) is 3.70. The molecular formula is C15H22N2O2. The molecule has 1 unspecified atom stereocenters. The van der Waals surface area contributed by atoms with Crippen molar-refractivity contribution in [2.24, 2.45) is 0 Å². The number of ether oxygens (including phenoxy) is 1. The molecule has 0 bridgehead atoms. The Morgan fingerprint density at radius 3 is 2.95 bits per heavy atom. The zero-order chi connectivity index (χ0) is 13.8. The Labute approximate surface area is 114 Å². The minimum atomic E-state index is 0.0857. The highest BCUT2D eigenvalue weighted by Crippen LogP contribution is 2.17. The summed E-state index contributed by atoms with van der Waals surface area (Å²) in [5, 5.41) is 3.34. The second kappa shape index (κ2) is 6.06. The third-order valence-corrected chi connectivity index (χ3v) is 3.11. The first-order valence-electron chi connectivity index (χ1n) is 6.85. The molecule has 1 aromatic rings. The molecule has 4 nitrogen and oxygen atoms in total. The molecule has 0 saturated carbocycles. The lowest BCUT2D eigenvalue weighted by atomic mass is 10.1. The van der Waals surface area contributed by atoms with E-state index in [4.69, 9.17) is 4.74 Å². The largest absolute Gasteiger partial charge is 0.491 e. The van der Waals surface area contributed by atoms with Crippen LogP contribution in [0.15, 0.2) is 24.3 Å². The van der Waals surface area contributed by atoms with Gasteiger partial charge >= 0.3 is 0 Å². The van der Waals surface area contributed by atoms with Gasteiger partial charge in [-0.3, -0.25) is 4.79 Å². The van der Waals surface area contributed by atoms with Crippen LogP contribution in [-0.4, -0.2) is 42.6 Å². The van der Waals surface area contributed by atoms with Gasteiger partial charge in [0.2, 0.25) is 0 Å². The highest BCUT2D eigenvalue weighted by Gasteiger charge is 2.21. The normalized spacial score (nSPS) is 19.6. The molecule has 1 N–H and O–H groups in total. The number of piperazine rings is 1. The van der Waals surface area contributed by atoms with Crippen molar-refractivity contribution in [2.45, 2.75) is 32.9 Å². The van der Waals surface area contributed by atoms with Gasteiger partial charge in [-0.05, 0) is 39.0 Å². The van der Waals surface area contributed by atoms with Crippen molar-refractivity contribution in [3.05, 3.63) is 29.8 Å². The van der Waals surface area contributed by atoms with Crippen LogP contribution in [0.3, 0.4) is 0 Å². The SMILES string of the molecule is CC1CN(C(=O)c2cccc(OC(C)C)c2)CCN1. The van der Waals surface area contributed by atoms with Crippen molar-refractivity contribution < 1.29 is 9.53 Å². The molecule has 0 spiro atoms. The average Bonchev–Trinajstić information content (AvgIpc) is 2.37. The Bertz CT molecular complexity index is 446. The maximum absolute atomic E-state index is 12.4. The van der Waals surface area contributed by atoms with E-state index in [1.807, 2.05) is 43.0 Å². The zero-order valence-corrected chi connectivity index (χ0v) is 11.8. The molecule has 104 valence electrons. The van der Waals surface area contributed by atoms with Crippen molar-refractivity contribution in [1.82, 2.24) is 10.2 Å². The van der Waals surface area contributed by atoms with Crippen molar-refractivity contribution >= 4 is 5.91 Å². The topological polar surface area (TPSA) is 41.6 Å². The molecular weight excluding hydrogens is 240 g/mol. The number of hydrogen-bond donors (Lipinski definition) is 1. The van der Waals surface area contributed by atoms with Crippen molar-refractivity contribution in [2.75, 3.05) is 19.6 Å². The summed E-state index contributed by atoms with van der Waals surface area (Å²) in [6.45, 7) is 8.43. The van der Waals surface area contributed by atoms with Gasteiger partial charge < -0.3 is 15.0 Å². The number of carbonyl (C=O) groups excluding carboxylic acids is 1. The summed E-state index contributed by atoms with van der Waals surface area (Å²) in [6, 6.07) is 7.79. The lowest BCUT2D eigenvalue weighted by Crippen LogP contribution is -2.51. The number of hydrogen-bond acceptors (Lipinski definition) is 3. The summed E-state index contributed by atoms with van der Waals surface area (Å²) >= 11 is 0. The molecule has 1 aromatic carbocycles. The first kappa shape index (κ1) is 13.9. The van der Waals surface area contributed by atoms with Crippen LogP contribution in [0.5, 0.6) is 5.75 Å². The van der Waals surface area contributed by atoms with Crippen LogP contribution in [0.1, 0.15) is 31.1 Å². The second-order valence-corrected chi connectivity index (χ2v) is 5.30. The maximum atomic E-state index is 12.4. The number of carbonyl (C=O) groups is 1. The lowest BCUT2D eigenvalue weighted by molar-refractivity contribution is 0.0708. The first-order valence-corrected chi connectivity index (χ1v) is 6.85. The molecule has 2 rings (SSSR count). The fourth-order valence-electron chi connectivity index (χ4n) is 2.27. The summed E-state index contributed by atoms with van der Waals surface area (Å²) < 4.78 is 5.63. The van der Waals surface area contributed by atoms with E-state index < -0.39 is 0 Å². The lowest BCUT2D eigenvalue weighted by Gasteiger charge is -2.32.